The number of ether oxygens (including phenoxy) is 1. The van der Waals surface area contributed by atoms with E-state index in [-0.39, 0.29) is 16.7 Å². The zero-order chi connectivity index (χ0) is 30.7. The van der Waals surface area contributed by atoms with Crippen LogP contribution in [0.1, 0.15) is 82.4 Å². The molecule has 0 aliphatic heterocycles. The number of carbonyl (C=O) groups excluding carboxylic acids is 2. The zero-order valence-electron chi connectivity index (χ0n) is 25.6. The van der Waals surface area contributed by atoms with E-state index in [0.29, 0.717) is 18.0 Å². The third-order valence-electron chi connectivity index (χ3n) is 7.42. The SMILES string of the molecule is CC(=O)NC(Cc1ccccc1)C(=O)O[C@H](Cc1cc2ccccc2nc1Cl)c1cc(C(C)(C)C)cc(C(C)(C)C)c1. The van der Waals surface area contributed by atoms with Crippen molar-refractivity contribution in [2.75, 3.05) is 0 Å². The van der Waals surface area contributed by atoms with E-state index >= 15 is 0 Å². The number of amides is 1. The van der Waals surface area contributed by atoms with Gasteiger partial charge in [0, 0.05) is 25.2 Å². The number of fused-ring (bicyclic) bond motifs is 1. The molecule has 1 amide bonds. The normalized spacial score (nSPS) is 13.4. The lowest BCUT2D eigenvalue weighted by Gasteiger charge is -2.29. The second-order valence-corrected chi connectivity index (χ2v) is 13.4. The van der Waals surface area contributed by atoms with E-state index in [2.05, 4.69) is 70.0 Å². The summed E-state index contributed by atoms with van der Waals surface area (Å²) in [6, 6.07) is 25.1. The van der Waals surface area contributed by atoms with Gasteiger partial charge in [-0.25, -0.2) is 9.78 Å². The van der Waals surface area contributed by atoms with Gasteiger partial charge in [-0.2, -0.15) is 0 Å². The van der Waals surface area contributed by atoms with Crippen molar-refractivity contribution in [1.29, 1.82) is 0 Å². The van der Waals surface area contributed by atoms with E-state index in [1.165, 1.54) is 6.92 Å². The monoisotopic (exact) mass is 584 g/mol. The second-order valence-electron chi connectivity index (χ2n) is 13.0. The average Bonchev–Trinajstić information content (AvgIpc) is 2.91. The number of benzene rings is 3. The molecule has 1 unspecified atom stereocenters. The largest absolute Gasteiger partial charge is 0.456 e. The van der Waals surface area contributed by atoms with Crippen LogP contribution in [0.15, 0.2) is 78.9 Å². The minimum atomic E-state index is -0.842. The van der Waals surface area contributed by atoms with Crippen LogP contribution in [0.4, 0.5) is 0 Å². The quantitative estimate of drug-likeness (QED) is 0.168. The molecule has 42 heavy (non-hydrogen) atoms. The van der Waals surface area contributed by atoms with Crippen LogP contribution in [0.5, 0.6) is 0 Å². The van der Waals surface area contributed by atoms with Crippen molar-refractivity contribution in [3.63, 3.8) is 0 Å². The highest BCUT2D eigenvalue weighted by molar-refractivity contribution is 6.30. The molecule has 5 nitrogen and oxygen atoms in total. The van der Waals surface area contributed by atoms with E-state index < -0.39 is 18.1 Å². The second kappa shape index (κ2) is 12.7. The predicted molar refractivity (Wildman–Crippen MR) is 171 cm³/mol. The van der Waals surface area contributed by atoms with Crippen molar-refractivity contribution < 1.29 is 14.3 Å². The summed E-state index contributed by atoms with van der Waals surface area (Å²) >= 11 is 6.71. The average molecular weight is 585 g/mol. The van der Waals surface area contributed by atoms with E-state index in [1.54, 1.807) is 0 Å². The Kier molecular flexibility index (Phi) is 9.42. The molecular weight excluding hydrogens is 544 g/mol. The van der Waals surface area contributed by atoms with Gasteiger partial charge >= 0.3 is 5.97 Å². The molecule has 1 aromatic heterocycles. The first-order valence-corrected chi connectivity index (χ1v) is 14.8. The molecule has 3 aromatic carbocycles. The molecule has 0 bridgehead atoms. The number of rotatable bonds is 8. The molecule has 0 radical (unpaired) electrons. The van der Waals surface area contributed by atoms with Crippen LogP contribution < -0.4 is 5.32 Å². The first kappa shape index (κ1) is 31.2. The Morgan fingerprint density at radius 2 is 1.43 bits per heavy atom. The number of carbonyl (C=O) groups is 2. The maximum atomic E-state index is 13.8. The lowest BCUT2D eigenvalue weighted by atomic mass is 9.78. The Labute approximate surface area is 254 Å². The number of pyridine rings is 1. The first-order valence-electron chi connectivity index (χ1n) is 14.4. The smallest absolute Gasteiger partial charge is 0.329 e. The van der Waals surface area contributed by atoms with Gasteiger partial charge in [0.05, 0.1) is 5.52 Å². The Bertz CT molecular complexity index is 1540. The van der Waals surface area contributed by atoms with Crippen LogP contribution in [0.2, 0.25) is 5.15 Å². The summed E-state index contributed by atoms with van der Waals surface area (Å²) in [7, 11) is 0. The Hall–Kier alpha value is -3.70. The van der Waals surface area contributed by atoms with E-state index in [9.17, 15) is 9.59 Å². The lowest BCUT2D eigenvalue weighted by molar-refractivity contribution is -0.153. The Morgan fingerprint density at radius 3 is 2.02 bits per heavy atom. The molecule has 220 valence electrons. The van der Waals surface area contributed by atoms with Crippen LogP contribution in [-0.4, -0.2) is 22.9 Å². The van der Waals surface area contributed by atoms with Gasteiger partial charge in [-0.3, -0.25) is 4.79 Å². The first-order chi connectivity index (χ1) is 19.7. The Balaban J connectivity index is 1.79. The van der Waals surface area contributed by atoms with Gasteiger partial charge < -0.3 is 10.1 Å². The third kappa shape index (κ3) is 7.98. The molecule has 0 saturated carbocycles. The maximum Gasteiger partial charge on any atom is 0.329 e. The fourth-order valence-electron chi connectivity index (χ4n) is 4.92. The number of halogens is 1. The Morgan fingerprint density at radius 1 is 0.833 bits per heavy atom. The summed E-state index contributed by atoms with van der Waals surface area (Å²) in [6.45, 7) is 14.5. The van der Waals surface area contributed by atoms with Gasteiger partial charge in [-0.1, -0.05) is 120 Å². The molecule has 2 atom stereocenters. The number of esters is 1. The zero-order valence-corrected chi connectivity index (χ0v) is 26.4. The lowest BCUT2D eigenvalue weighted by Crippen LogP contribution is -2.43. The van der Waals surface area contributed by atoms with Gasteiger partial charge in [-0.15, -0.1) is 0 Å². The topological polar surface area (TPSA) is 68.3 Å². The van der Waals surface area contributed by atoms with Crippen molar-refractivity contribution in [1.82, 2.24) is 10.3 Å². The predicted octanol–water partition coefficient (Wildman–Crippen LogP) is 8.06. The van der Waals surface area contributed by atoms with Crippen LogP contribution in [-0.2, 0) is 38.0 Å². The standard InChI is InChI=1S/C36H41ClN2O3/c1-23(40)38-31(17-24-13-9-8-10-14-24)34(41)42-32(21-27-18-25-15-11-12-16-30(25)39-33(27)37)26-19-28(35(2,3)4)22-29(20-26)36(5,6)7/h8-16,18-20,22,31-32H,17,21H2,1-7H3,(H,38,40)/t31?,32-/m1/s1. The maximum absolute atomic E-state index is 13.8. The number of aromatic nitrogens is 1. The summed E-state index contributed by atoms with van der Waals surface area (Å²) in [5.74, 6) is -0.793. The summed E-state index contributed by atoms with van der Waals surface area (Å²) in [5, 5.41) is 4.14. The van der Waals surface area contributed by atoms with Crippen molar-refractivity contribution >= 4 is 34.4 Å². The summed E-state index contributed by atoms with van der Waals surface area (Å²) in [6.07, 6.45) is -0.00885. The minimum absolute atomic E-state index is 0.126. The molecule has 1 heterocycles. The van der Waals surface area contributed by atoms with Gasteiger partial charge in [0.25, 0.3) is 0 Å². The fraction of sp³-hybridized carbons (Fsp3) is 0.361. The van der Waals surface area contributed by atoms with Gasteiger partial charge in [0.15, 0.2) is 0 Å². The van der Waals surface area contributed by atoms with Crippen LogP contribution in [0.25, 0.3) is 10.9 Å². The third-order valence-corrected chi connectivity index (χ3v) is 7.74. The van der Waals surface area contributed by atoms with E-state index in [4.69, 9.17) is 16.3 Å². The van der Waals surface area contributed by atoms with Gasteiger partial charge in [-0.05, 0) is 50.8 Å². The number of nitrogens with one attached hydrogen (secondary N) is 1. The fourth-order valence-corrected chi connectivity index (χ4v) is 5.14. The van der Waals surface area contributed by atoms with Gasteiger partial charge in [0.2, 0.25) is 5.91 Å². The van der Waals surface area contributed by atoms with Crippen molar-refractivity contribution in [3.05, 3.63) is 112 Å². The van der Waals surface area contributed by atoms with Crippen molar-refractivity contribution in [2.24, 2.45) is 0 Å². The minimum Gasteiger partial charge on any atom is -0.456 e. The van der Waals surface area contributed by atoms with E-state index in [1.807, 2.05) is 60.7 Å². The molecule has 0 aliphatic carbocycles. The summed E-state index contributed by atoms with van der Waals surface area (Å²) in [5.41, 5.74) is 5.44. The molecular formula is C36H41ClN2O3. The van der Waals surface area contributed by atoms with Crippen molar-refractivity contribution in [2.45, 2.75) is 84.3 Å². The highest BCUT2D eigenvalue weighted by Gasteiger charge is 2.29. The number of para-hydroxylation sites is 1. The van der Waals surface area contributed by atoms with Crippen LogP contribution in [0, 0.1) is 0 Å². The number of hydrogen-bond donors (Lipinski definition) is 1. The molecule has 0 spiro atoms. The highest BCUT2D eigenvalue weighted by atomic mass is 35.5. The summed E-state index contributed by atoms with van der Waals surface area (Å²) in [4.78, 5) is 30.6. The van der Waals surface area contributed by atoms with E-state index in [0.717, 1.165) is 38.7 Å². The van der Waals surface area contributed by atoms with Gasteiger partial charge in [0.1, 0.15) is 17.3 Å². The molecule has 6 heteroatoms. The molecule has 4 rings (SSSR count). The number of nitrogens with zero attached hydrogens (tertiary/aromatic N) is 1. The number of hydrogen-bond acceptors (Lipinski definition) is 4. The molecule has 4 aromatic rings. The molecule has 0 fully saturated rings. The van der Waals surface area contributed by atoms with Crippen LogP contribution >= 0.6 is 11.6 Å². The van der Waals surface area contributed by atoms with Crippen LogP contribution in [0.3, 0.4) is 0 Å². The molecule has 0 saturated heterocycles. The highest BCUT2D eigenvalue weighted by Crippen LogP contribution is 2.35. The van der Waals surface area contributed by atoms with Crippen molar-refractivity contribution in [3.8, 4) is 0 Å². The summed E-state index contributed by atoms with van der Waals surface area (Å²) < 4.78 is 6.34. The molecule has 0 aliphatic rings. The molecule has 1 N–H and O–H groups in total.